The topological polar surface area (TPSA) is 39.4 Å². The first-order valence-corrected chi connectivity index (χ1v) is 6.36. The maximum Gasteiger partial charge on any atom is 0.303 e. The van der Waals surface area contributed by atoms with Crippen molar-refractivity contribution in [1.82, 2.24) is 14.4 Å². The second-order valence-electron chi connectivity index (χ2n) is 3.82. The fourth-order valence-corrected chi connectivity index (χ4v) is 2.05. The van der Waals surface area contributed by atoms with Crippen LogP contribution < -0.4 is 4.74 Å². The highest BCUT2D eigenvalue weighted by atomic mass is 32.2. The van der Waals surface area contributed by atoms with Gasteiger partial charge in [-0.25, -0.2) is 9.38 Å². The van der Waals surface area contributed by atoms with E-state index in [1.165, 1.54) is 0 Å². The van der Waals surface area contributed by atoms with Crippen LogP contribution in [0.4, 0.5) is 0 Å². The molecule has 0 bridgehead atoms. The minimum atomic E-state index is 0.346. The van der Waals surface area contributed by atoms with Gasteiger partial charge >= 0.3 is 6.01 Å². The lowest BCUT2D eigenvalue weighted by atomic mass is 10.2. The first-order valence-electron chi connectivity index (χ1n) is 5.13. The van der Waals surface area contributed by atoms with E-state index in [9.17, 15) is 0 Å². The lowest BCUT2D eigenvalue weighted by Gasteiger charge is -2.09. The predicted molar refractivity (Wildman–Crippen MR) is 65.4 cm³/mol. The van der Waals surface area contributed by atoms with Crippen LogP contribution in [0.3, 0.4) is 0 Å². The van der Waals surface area contributed by atoms with Crippen molar-refractivity contribution in [1.29, 1.82) is 0 Å². The van der Waals surface area contributed by atoms with Gasteiger partial charge in [0.25, 0.3) is 0 Å². The molecule has 0 saturated carbocycles. The number of hydrogen-bond donors (Lipinski definition) is 0. The Morgan fingerprint density at radius 1 is 1.44 bits per heavy atom. The molecule has 0 aliphatic carbocycles. The number of ether oxygens (including phenoxy) is 1. The fourth-order valence-electron chi connectivity index (χ4n) is 1.64. The molecule has 0 N–H and O–H groups in total. The van der Waals surface area contributed by atoms with Crippen molar-refractivity contribution in [2.45, 2.75) is 24.8 Å². The maximum absolute atomic E-state index is 5.32. The lowest BCUT2D eigenvalue weighted by molar-refractivity contribution is 0.367. The van der Waals surface area contributed by atoms with Crippen LogP contribution in [0.1, 0.15) is 25.6 Å². The molecule has 0 saturated heterocycles. The van der Waals surface area contributed by atoms with Crippen LogP contribution >= 0.6 is 11.8 Å². The first-order chi connectivity index (χ1) is 7.67. The van der Waals surface area contributed by atoms with Crippen LogP contribution in [-0.2, 0) is 0 Å². The minimum absolute atomic E-state index is 0.346. The number of aromatic nitrogens is 3. The molecule has 0 spiro atoms. The summed E-state index contributed by atoms with van der Waals surface area (Å²) >= 11 is 1.60. The first kappa shape index (κ1) is 11.3. The summed E-state index contributed by atoms with van der Waals surface area (Å²) in [5.74, 6) is 1.32. The van der Waals surface area contributed by atoms with Gasteiger partial charge in [-0.05, 0) is 12.3 Å². The molecular formula is C11H15N3OS. The number of nitrogens with zero attached hydrogens (tertiary/aromatic N) is 3. The summed E-state index contributed by atoms with van der Waals surface area (Å²) in [4.78, 5) is 8.83. The van der Waals surface area contributed by atoms with Crippen molar-refractivity contribution in [3.05, 3.63) is 18.1 Å². The highest BCUT2D eigenvalue weighted by molar-refractivity contribution is 7.98. The van der Waals surface area contributed by atoms with E-state index in [2.05, 4.69) is 23.8 Å². The molecule has 0 radical (unpaired) electrons. The molecule has 4 nitrogen and oxygen atoms in total. The van der Waals surface area contributed by atoms with Crippen LogP contribution in [0.2, 0.25) is 0 Å². The van der Waals surface area contributed by atoms with Gasteiger partial charge in [0.15, 0.2) is 0 Å². The quantitative estimate of drug-likeness (QED) is 0.607. The highest BCUT2D eigenvalue weighted by Gasteiger charge is 2.13. The van der Waals surface area contributed by atoms with Gasteiger partial charge < -0.3 is 4.74 Å². The summed E-state index contributed by atoms with van der Waals surface area (Å²) in [7, 11) is 1.63. The lowest BCUT2D eigenvalue weighted by Crippen LogP contribution is -2.03. The van der Waals surface area contributed by atoms with Gasteiger partial charge in [-0.2, -0.15) is 4.98 Å². The molecule has 16 heavy (non-hydrogen) atoms. The number of thioether (sulfide) groups is 1. The highest BCUT2D eigenvalue weighted by Crippen LogP contribution is 2.24. The van der Waals surface area contributed by atoms with E-state index in [1.807, 2.05) is 22.9 Å². The normalized spacial score (nSPS) is 11.3. The fraction of sp³-hybridized carbons (Fsp3) is 0.455. The molecule has 0 aromatic carbocycles. The maximum atomic E-state index is 5.32. The molecule has 2 aromatic heterocycles. The Balaban J connectivity index is 2.72. The summed E-state index contributed by atoms with van der Waals surface area (Å²) in [5, 5.41) is 0.944. The summed E-state index contributed by atoms with van der Waals surface area (Å²) in [5.41, 5.74) is 1.03. The Kier molecular flexibility index (Phi) is 3.05. The molecule has 2 aromatic rings. The standard InChI is InChI=1S/C11H15N3OS/c1-7(2)10-12-6-8-5-9(16-4)13-11(15-3)14(8)10/h5-7H,1-4H3. The van der Waals surface area contributed by atoms with Crippen LogP contribution in [-0.4, -0.2) is 27.7 Å². The minimum Gasteiger partial charge on any atom is -0.468 e. The molecule has 0 aliphatic rings. The second kappa shape index (κ2) is 4.33. The Hall–Kier alpha value is -1.23. The Morgan fingerprint density at radius 2 is 2.19 bits per heavy atom. The number of methoxy groups -OCH3 is 1. The van der Waals surface area contributed by atoms with Crippen LogP contribution in [0, 0.1) is 0 Å². The van der Waals surface area contributed by atoms with E-state index < -0.39 is 0 Å². The molecule has 86 valence electrons. The van der Waals surface area contributed by atoms with Gasteiger partial charge in [0.05, 0.1) is 18.8 Å². The molecule has 0 fully saturated rings. The van der Waals surface area contributed by atoms with Gasteiger partial charge in [-0.1, -0.05) is 13.8 Å². The molecule has 0 unspecified atom stereocenters. The third kappa shape index (κ3) is 1.75. The van der Waals surface area contributed by atoms with Gasteiger partial charge in [0.1, 0.15) is 10.9 Å². The summed E-state index contributed by atoms with van der Waals surface area (Å²) in [6.07, 6.45) is 3.86. The SMILES string of the molecule is COc1nc(SC)cc2cnc(C(C)C)n12. The Bertz CT molecular complexity index is 507. The molecule has 0 atom stereocenters. The zero-order valence-electron chi connectivity index (χ0n) is 9.89. The van der Waals surface area contributed by atoms with Crippen molar-refractivity contribution in [3.8, 4) is 6.01 Å². The van der Waals surface area contributed by atoms with Gasteiger partial charge in [-0.15, -0.1) is 11.8 Å². The average Bonchev–Trinajstić information content (AvgIpc) is 2.71. The van der Waals surface area contributed by atoms with E-state index in [1.54, 1.807) is 18.9 Å². The van der Waals surface area contributed by atoms with Gasteiger partial charge in [0, 0.05) is 5.92 Å². The number of rotatable bonds is 3. The second-order valence-corrected chi connectivity index (χ2v) is 4.64. The van der Waals surface area contributed by atoms with E-state index in [-0.39, 0.29) is 0 Å². The largest absolute Gasteiger partial charge is 0.468 e. The molecular weight excluding hydrogens is 222 g/mol. The van der Waals surface area contributed by atoms with Crippen molar-refractivity contribution in [3.63, 3.8) is 0 Å². The van der Waals surface area contributed by atoms with Crippen LogP contribution in [0.25, 0.3) is 5.52 Å². The number of fused-ring (bicyclic) bond motifs is 1. The van der Waals surface area contributed by atoms with Gasteiger partial charge in [-0.3, -0.25) is 0 Å². The predicted octanol–water partition coefficient (Wildman–Crippen LogP) is 2.58. The number of hydrogen-bond acceptors (Lipinski definition) is 4. The monoisotopic (exact) mass is 237 g/mol. The summed E-state index contributed by atoms with van der Waals surface area (Å²) in [6.45, 7) is 4.22. The van der Waals surface area contributed by atoms with E-state index in [4.69, 9.17) is 4.74 Å². The third-order valence-electron chi connectivity index (χ3n) is 2.39. The van der Waals surface area contributed by atoms with Gasteiger partial charge in [0.2, 0.25) is 0 Å². The van der Waals surface area contributed by atoms with Crippen LogP contribution in [0.15, 0.2) is 17.3 Å². The van der Waals surface area contributed by atoms with E-state index >= 15 is 0 Å². The molecule has 2 rings (SSSR count). The molecule has 0 aliphatic heterocycles. The molecule has 2 heterocycles. The number of imidazole rings is 1. The van der Waals surface area contributed by atoms with Crippen molar-refractivity contribution in [2.24, 2.45) is 0 Å². The third-order valence-corrected chi connectivity index (χ3v) is 3.02. The van der Waals surface area contributed by atoms with E-state index in [0.717, 1.165) is 16.4 Å². The zero-order valence-corrected chi connectivity index (χ0v) is 10.7. The summed E-state index contributed by atoms with van der Waals surface area (Å²) < 4.78 is 7.28. The van der Waals surface area contributed by atoms with Crippen molar-refractivity contribution >= 4 is 17.3 Å². The molecule has 0 amide bonds. The van der Waals surface area contributed by atoms with E-state index in [0.29, 0.717) is 11.9 Å². The summed E-state index contributed by atoms with van der Waals surface area (Å²) in [6, 6.07) is 2.62. The average molecular weight is 237 g/mol. The molecule has 5 heteroatoms. The Morgan fingerprint density at radius 3 is 2.75 bits per heavy atom. The Labute approximate surface area is 99.1 Å². The van der Waals surface area contributed by atoms with Crippen LogP contribution in [0.5, 0.6) is 6.01 Å². The van der Waals surface area contributed by atoms with Crippen molar-refractivity contribution < 1.29 is 4.74 Å². The smallest absolute Gasteiger partial charge is 0.303 e. The zero-order chi connectivity index (χ0) is 11.7. The van der Waals surface area contributed by atoms with Crippen molar-refractivity contribution in [2.75, 3.05) is 13.4 Å².